The highest BCUT2D eigenvalue weighted by atomic mass is 19.1. The van der Waals surface area contributed by atoms with Gasteiger partial charge in [-0.3, -0.25) is 9.59 Å². The number of carbonyl (C=O) groups is 3. The van der Waals surface area contributed by atoms with Gasteiger partial charge in [0.05, 0.1) is 6.04 Å². The van der Waals surface area contributed by atoms with Crippen LogP contribution in [0.1, 0.15) is 51.4 Å². The molecule has 0 saturated carbocycles. The maximum Gasteiger partial charge on any atom is 0.407 e. The van der Waals surface area contributed by atoms with Crippen LogP contribution < -0.4 is 10.6 Å². The SMILES string of the molecule is CNC(=O)c1cc(C(=O)NCCC2C(F)CCCN2C(=O)O)cc(Cc2ccccc2)n1. The van der Waals surface area contributed by atoms with Crippen LogP contribution in [0.3, 0.4) is 0 Å². The molecule has 2 unspecified atom stereocenters. The highest BCUT2D eigenvalue weighted by Gasteiger charge is 2.34. The molecule has 0 spiro atoms. The predicted molar refractivity (Wildman–Crippen MR) is 116 cm³/mol. The zero-order chi connectivity index (χ0) is 23.1. The van der Waals surface area contributed by atoms with Gasteiger partial charge in [0.25, 0.3) is 11.8 Å². The van der Waals surface area contributed by atoms with Crippen molar-refractivity contribution < 1.29 is 23.9 Å². The molecule has 2 atom stereocenters. The number of hydrogen-bond acceptors (Lipinski definition) is 4. The first-order valence-electron chi connectivity index (χ1n) is 10.6. The van der Waals surface area contributed by atoms with Crippen LogP contribution in [0, 0.1) is 0 Å². The second-order valence-corrected chi connectivity index (χ2v) is 7.72. The van der Waals surface area contributed by atoms with Crippen molar-refractivity contribution in [2.75, 3.05) is 20.1 Å². The van der Waals surface area contributed by atoms with Crippen LogP contribution in [0.25, 0.3) is 0 Å². The fraction of sp³-hybridized carbons (Fsp3) is 0.391. The Balaban J connectivity index is 1.71. The second-order valence-electron chi connectivity index (χ2n) is 7.72. The van der Waals surface area contributed by atoms with Gasteiger partial charge in [-0.2, -0.15) is 0 Å². The second kappa shape index (κ2) is 10.7. The van der Waals surface area contributed by atoms with Crippen molar-refractivity contribution in [2.24, 2.45) is 0 Å². The molecule has 3 N–H and O–H groups in total. The lowest BCUT2D eigenvalue weighted by atomic mass is 9.97. The monoisotopic (exact) mass is 442 g/mol. The van der Waals surface area contributed by atoms with Crippen LogP contribution in [0.15, 0.2) is 42.5 Å². The molecule has 0 radical (unpaired) electrons. The quantitative estimate of drug-likeness (QED) is 0.610. The molecule has 32 heavy (non-hydrogen) atoms. The molecule has 0 bridgehead atoms. The van der Waals surface area contributed by atoms with Crippen LogP contribution >= 0.6 is 0 Å². The Morgan fingerprint density at radius 2 is 1.94 bits per heavy atom. The number of rotatable bonds is 7. The summed E-state index contributed by atoms with van der Waals surface area (Å²) in [7, 11) is 1.49. The Morgan fingerprint density at radius 1 is 1.19 bits per heavy atom. The third-order valence-corrected chi connectivity index (χ3v) is 5.50. The molecule has 2 heterocycles. The number of amides is 3. The molecule has 0 aliphatic carbocycles. The normalized spacial score (nSPS) is 18.1. The van der Waals surface area contributed by atoms with Crippen LogP contribution in [0.4, 0.5) is 9.18 Å². The van der Waals surface area contributed by atoms with E-state index in [4.69, 9.17) is 0 Å². The summed E-state index contributed by atoms with van der Waals surface area (Å²) in [5.74, 6) is -0.839. The van der Waals surface area contributed by atoms with E-state index in [0.29, 0.717) is 25.0 Å². The van der Waals surface area contributed by atoms with E-state index < -0.39 is 30.1 Å². The minimum atomic E-state index is -1.25. The van der Waals surface area contributed by atoms with Crippen molar-refractivity contribution in [3.05, 3.63) is 65.0 Å². The van der Waals surface area contributed by atoms with Crippen LogP contribution in [-0.2, 0) is 6.42 Å². The lowest BCUT2D eigenvalue weighted by Crippen LogP contribution is -2.50. The van der Waals surface area contributed by atoms with E-state index in [9.17, 15) is 23.9 Å². The Bertz CT molecular complexity index is 970. The maximum atomic E-state index is 14.3. The molecule has 9 heteroatoms. The number of nitrogens with zero attached hydrogens (tertiary/aromatic N) is 2. The highest BCUT2D eigenvalue weighted by Crippen LogP contribution is 2.23. The van der Waals surface area contributed by atoms with Crippen molar-refractivity contribution in [1.82, 2.24) is 20.5 Å². The molecule has 8 nitrogen and oxygen atoms in total. The number of piperidine rings is 1. The van der Waals surface area contributed by atoms with Gasteiger partial charge >= 0.3 is 6.09 Å². The number of benzene rings is 1. The molecule has 170 valence electrons. The van der Waals surface area contributed by atoms with Gasteiger partial charge in [-0.15, -0.1) is 0 Å². The van der Waals surface area contributed by atoms with Gasteiger partial charge in [0.1, 0.15) is 11.9 Å². The number of nitrogens with one attached hydrogen (secondary N) is 2. The first kappa shape index (κ1) is 23.2. The molecular formula is C23H27FN4O4. The number of aromatic nitrogens is 1. The highest BCUT2D eigenvalue weighted by molar-refractivity contribution is 5.98. The largest absolute Gasteiger partial charge is 0.465 e. The zero-order valence-electron chi connectivity index (χ0n) is 17.9. The first-order valence-corrected chi connectivity index (χ1v) is 10.6. The first-order chi connectivity index (χ1) is 15.4. The Morgan fingerprint density at radius 3 is 2.62 bits per heavy atom. The van der Waals surface area contributed by atoms with Crippen molar-refractivity contribution >= 4 is 17.9 Å². The summed E-state index contributed by atoms with van der Waals surface area (Å²) >= 11 is 0. The average molecular weight is 442 g/mol. The average Bonchev–Trinajstić information content (AvgIpc) is 2.79. The summed E-state index contributed by atoms with van der Waals surface area (Å²) < 4.78 is 14.3. The van der Waals surface area contributed by atoms with E-state index in [0.717, 1.165) is 10.5 Å². The van der Waals surface area contributed by atoms with E-state index in [1.54, 1.807) is 6.07 Å². The van der Waals surface area contributed by atoms with Crippen LogP contribution in [0.5, 0.6) is 0 Å². The van der Waals surface area contributed by atoms with Gasteiger partial charge in [0.15, 0.2) is 0 Å². The van der Waals surface area contributed by atoms with Gasteiger partial charge in [-0.05, 0) is 37.0 Å². The van der Waals surface area contributed by atoms with E-state index in [1.165, 1.54) is 13.1 Å². The number of carbonyl (C=O) groups excluding carboxylic acids is 2. The van der Waals surface area contributed by atoms with Gasteiger partial charge in [0.2, 0.25) is 0 Å². The third-order valence-electron chi connectivity index (χ3n) is 5.50. The summed E-state index contributed by atoms with van der Waals surface area (Å²) in [5, 5.41) is 14.5. The van der Waals surface area contributed by atoms with E-state index in [-0.39, 0.29) is 30.8 Å². The number of halogens is 1. The van der Waals surface area contributed by atoms with Gasteiger partial charge in [0, 0.05) is 37.8 Å². The summed E-state index contributed by atoms with van der Waals surface area (Å²) in [6, 6.07) is 11.8. The number of pyridine rings is 1. The van der Waals surface area contributed by atoms with E-state index >= 15 is 0 Å². The van der Waals surface area contributed by atoms with Gasteiger partial charge in [-0.25, -0.2) is 14.2 Å². The maximum absolute atomic E-state index is 14.3. The van der Waals surface area contributed by atoms with Crippen molar-refractivity contribution in [2.45, 2.75) is 37.9 Å². The Hall–Kier alpha value is -3.49. The fourth-order valence-electron chi connectivity index (χ4n) is 3.88. The number of hydrogen-bond donors (Lipinski definition) is 3. The number of carboxylic acid groups (broad SMARTS) is 1. The summed E-state index contributed by atoms with van der Waals surface area (Å²) in [4.78, 5) is 41.7. The lowest BCUT2D eigenvalue weighted by molar-refractivity contribution is 0.0564. The van der Waals surface area contributed by atoms with Gasteiger partial charge in [-0.1, -0.05) is 30.3 Å². The summed E-state index contributed by atoms with van der Waals surface area (Å²) in [6.45, 7) is 0.399. The molecule has 3 amide bonds. The molecule has 1 aromatic carbocycles. The summed E-state index contributed by atoms with van der Waals surface area (Å²) in [5.41, 5.74) is 1.94. The molecule has 1 aliphatic rings. The molecule has 1 saturated heterocycles. The smallest absolute Gasteiger partial charge is 0.407 e. The van der Waals surface area contributed by atoms with E-state index in [1.807, 2.05) is 30.3 Å². The number of likely N-dealkylation sites (tertiary alicyclic amines) is 1. The molecule has 1 aliphatic heterocycles. The lowest BCUT2D eigenvalue weighted by Gasteiger charge is -2.36. The zero-order valence-corrected chi connectivity index (χ0v) is 17.9. The Kier molecular flexibility index (Phi) is 7.75. The number of alkyl halides is 1. The molecule has 1 aromatic heterocycles. The minimum Gasteiger partial charge on any atom is -0.465 e. The molecule has 3 rings (SSSR count). The predicted octanol–water partition coefficient (Wildman–Crippen LogP) is 2.63. The minimum absolute atomic E-state index is 0.110. The van der Waals surface area contributed by atoms with Crippen molar-refractivity contribution in [3.8, 4) is 0 Å². The topological polar surface area (TPSA) is 112 Å². The summed E-state index contributed by atoms with van der Waals surface area (Å²) in [6.07, 6.45) is -0.993. The van der Waals surface area contributed by atoms with Crippen molar-refractivity contribution in [1.29, 1.82) is 0 Å². The van der Waals surface area contributed by atoms with Crippen LogP contribution in [0.2, 0.25) is 0 Å². The molecular weight excluding hydrogens is 415 g/mol. The van der Waals surface area contributed by atoms with Crippen molar-refractivity contribution in [3.63, 3.8) is 0 Å². The fourth-order valence-corrected chi connectivity index (χ4v) is 3.88. The Labute approximate surface area is 185 Å². The van der Waals surface area contributed by atoms with Gasteiger partial charge < -0.3 is 20.6 Å². The molecule has 2 aromatic rings. The third kappa shape index (κ3) is 5.81. The van der Waals surface area contributed by atoms with E-state index in [2.05, 4.69) is 15.6 Å². The molecule has 1 fully saturated rings. The van der Waals surface area contributed by atoms with Crippen LogP contribution in [-0.4, -0.2) is 65.2 Å². The standard InChI is InChI=1S/C23H27FN4O4/c1-25-22(30)19-14-16(13-17(27-19)12-15-6-3-2-4-7-15)21(29)26-10-9-20-18(24)8-5-11-28(20)23(31)32/h2-4,6-7,13-14,18,20H,5,8-12H2,1H3,(H,25,30)(H,26,29)(H,31,32).